The molecule has 5 heteroatoms. The monoisotopic (exact) mass is 343 g/mol. The molecule has 2 fully saturated rings. The predicted octanol–water partition coefficient (Wildman–Crippen LogP) is 2.22. The van der Waals surface area contributed by atoms with Gasteiger partial charge in [-0.25, -0.2) is 0 Å². The molecule has 1 aromatic rings. The van der Waals surface area contributed by atoms with Crippen molar-refractivity contribution in [3.8, 4) is 0 Å². The van der Waals surface area contributed by atoms with E-state index in [0.717, 1.165) is 50.6 Å². The summed E-state index contributed by atoms with van der Waals surface area (Å²) in [5.74, 6) is 0.130. The molecule has 136 valence electrons. The summed E-state index contributed by atoms with van der Waals surface area (Å²) in [6, 6.07) is 9.76. The van der Waals surface area contributed by atoms with E-state index in [1.807, 2.05) is 30.3 Å². The van der Waals surface area contributed by atoms with Gasteiger partial charge >= 0.3 is 0 Å². The fraction of sp³-hybridized carbons (Fsp3) is 0.600. The van der Waals surface area contributed by atoms with Crippen LogP contribution in [0.4, 0.5) is 0 Å². The SMILES string of the molecule is CNC(=O)C1(N2CCCC2C(=O)NCc2ccccc2)CCCCC1. The van der Waals surface area contributed by atoms with Crippen molar-refractivity contribution in [1.29, 1.82) is 0 Å². The van der Waals surface area contributed by atoms with E-state index in [1.54, 1.807) is 7.05 Å². The molecule has 5 nitrogen and oxygen atoms in total. The van der Waals surface area contributed by atoms with Crippen LogP contribution in [0.5, 0.6) is 0 Å². The Morgan fingerprint density at radius 3 is 2.52 bits per heavy atom. The molecule has 1 aliphatic heterocycles. The van der Waals surface area contributed by atoms with Gasteiger partial charge in [-0.1, -0.05) is 49.6 Å². The Labute approximate surface area is 150 Å². The van der Waals surface area contributed by atoms with Crippen LogP contribution in [0.1, 0.15) is 50.5 Å². The largest absolute Gasteiger partial charge is 0.358 e. The number of likely N-dealkylation sites (N-methyl/N-ethyl adjacent to an activating group) is 1. The van der Waals surface area contributed by atoms with Gasteiger partial charge in [-0.3, -0.25) is 14.5 Å². The van der Waals surface area contributed by atoms with E-state index < -0.39 is 5.54 Å². The fourth-order valence-electron chi connectivity index (χ4n) is 4.47. The Morgan fingerprint density at radius 2 is 1.84 bits per heavy atom. The van der Waals surface area contributed by atoms with Crippen LogP contribution in [-0.4, -0.2) is 41.9 Å². The molecular formula is C20H29N3O2. The van der Waals surface area contributed by atoms with Gasteiger partial charge in [0, 0.05) is 20.1 Å². The van der Waals surface area contributed by atoms with Gasteiger partial charge in [0.05, 0.1) is 6.04 Å². The number of hydrogen-bond donors (Lipinski definition) is 2. The van der Waals surface area contributed by atoms with Gasteiger partial charge in [-0.05, 0) is 31.2 Å². The first-order valence-electron chi connectivity index (χ1n) is 9.48. The van der Waals surface area contributed by atoms with E-state index >= 15 is 0 Å². The lowest BCUT2D eigenvalue weighted by atomic mass is 9.79. The number of nitrogens with zero attached hydrogens (tertiary/aromatic N) is 1. The van der Waals surface area contributed by atoms with Crippen LogP contribution < -0.4 is 10.6 Å². The molecule has 0 spiro atoms. The lowest BCUT2D eigenvalue weighted by Gasteiger charge is -2.45. The maximum Gasteiger partial charge on any atom is 0.240 e. The Morgan fingerprint density at radius 1 is 1.12 bits per heavy atom. The maximum absolute atomic E-state index is 12.8. The zero-order chi connectivity index (χ0) is 17.7. The summed E-state index contributed by atoms with van der Waals surface area (Å²) in [5, 5.41) is 5.93. The summed E-state index contributed by atoms with van der Waals surface area (Å²) in [7, 11) is 1.71. The number of amides is 2. The average molecular weight is 343 g/mol. The van der Waals surface area contributed by atoms with Crippen LogP contribution >= 0.6 is 0 Å². The van der Waals surface area contributed by atoms with E-state index in [-0.39, 0.29) is 17.9 Å². The summed E-state index contributed by atoms with van der Waals surface area (Å²) < 4.78 is 0. The second-order valence-electron chi connectivity index (χ2n) is 7.23. The van der Waals surface area contributed by atoms with Crippen LogP contribution in [0.2, 0.25) is 0 Å². The zero-order valence-electron chi connectivity index (χ0n) is 15.1. The molecule has 1 saturated carbocycles. The van der Waals surface area contributed by atoms with Crippen molar-refractivity contribution < 1.29 is 9.59 Å². The Bertz CT molecular complexity index is 596. The first-order chi connectivity index (χ1) is 12.2. The topological polar surface area (TPSA) is 61.4 Å². The van der Waals surface area contributed by atoms with Crippen LogP contribution in [0.3, 0.4) is 0 Å². The summed E-state index contributed by atoms with van der Waals surface area (Å²) in [6.45, 7) is 1.37. The van der Waals surface area contributed by atoms with Crippen molar-refractivity contribution in [2.75, 3.05) is 13.6 Å². The molecule has 1 aliphatic carbocycles. The van der Waals surface area contributed by atoms with Crippen molar-refractivity contribution in [3.63, 3.8) is 0 Å². The third-order valence-corrected chi connectivity index (χ3v) is 5.75. The smallest absolute Gasteiger partial charge is 0.240 e. The normalized spacial score (nSPS) is 23.2. The molecule has 1 heterocycles. The fourth-order valence-corrected chi connectivity index (χ4v) is 4.47. The highest BCUT2D eigenvalue weighted by Crippen LogP contribution is 2.38. The van der Waals surface area contributed by atoms with Crippen molar-refractivity contribution >= 4 is 11.8 Å². The number of carbonyl (C=O) groups excluding carboxylic acids is 2. The lowest BCUT2D eigenvalue weighted by Crippen LogP contribution is -2.62. The minimum absolute atomic E-state index is 0.0511. The highest BCUT2D eigenvalue weighted by Gasteiger charge is 2.49. The molecule has 25 heavy (non-hydrogen) atoms. The minimum Gasteiger partial charge on any atom is -0.358 e. The van der Waals surface area contributed by atoms with Gasteiger partial charge < -0.3 is 10.6 Å². The maximum atomic E-state index is 12.8. The number of rotatable bonds is 5. The summed E-state index contributed by atoms with van der Waals surface area (Å²) in [6.07, 6.45) is 6.81. The van der Waals surface area contributed by atoms with Crippen molar-refractivity contribution in [3.05, 3.63) is 35.9 Å². The van der Waals surface area contributed by atoms with Gasteiger partial charge in [0.25, 0.3) is 0 Å². The standard InChI is InChI=1S/C20H29N3O2/c1-21-19(25)20(12-6-3-7-13-20)23-14-8-11-17(23)18(24)22-15-16-9-4-2-5-10-16/h2,4-5,9-10,17H,3,6-8,11-15H2,1H3,(H,21,25)(H,22,24). The summed E-state index contributed by atoms with van der Waals surface area (Å²) in [4.78, 5) is 27.8. The summed E-state index contributed by atoms with van der Waals surface area (Å²) >= 11 is 0. The molecular weight excluding hydrogens is 314 g/mol. The van der Waals surface area contributed by atoms with E-state index in [2.05, 4.69) is 15.5 Å². The number of nitrogens with one attached hydrogen (secondary N) is 2. The molecule has 1 aromatic carbocycles. The quantitative estimate of drug-likeness (QED) is 0.862. The van der Waals surface area contributed by atoms with Gasteiger partial charge in [0.15, 0.2) is 0 Å². The van der Waals surface area contributed by atoms with E-state index in [1.165, 1.54) is 6.42 Å². The zero-order valence-corrected chi connectivity index (χ0v) is 15.1. The van der Waals surface area contributed by atoms with Crippen molar-refractivity contribution in [1.82, 2.24) is 15.5 Å². The second kappa shape index (κ2) is 8.00. The minimum atomic E-state index is -0.502. The second-order valence-corrected chi connectivity index (χ2v) is 7.23. The molecule has 2 amide bonds. The van der Waals surface area contributed by atoms with E-state index in [0.29, 0.717) is 6.54 Å². The highest BCUT2D eigenvalue weighted by molar-refractivity contribution is 5.88. The number of likely N-dealkylation sites (tertiary alicyclic amines) is 1. The van der Waals surface area contributed by atoms with Gasteiger partial charge in [-0.15, -0.1) is 0 Å². The van der Waals surface area contributed by atoms with Crippen LogP contribution in [0, 0.1) is 0 Å². The third kappa shape index (κ3) is 3.71. The summed E-state index contributed by atoms with van der Waals surface area (Å²) in [5.41, 5.74) is 0.595. The van der Waals surface area contributed by atoms with E-state index in [4.69, 9.17) is 0 Å². The molecule has 3 rings (SSSR count). The third-order valence-electron chi connectivity index (χ3n) is 5.75. The Hall–Kier alpha value is -1.88. The average Bonchev–Trinajstić information content (AvgIpc) is 3.17. The molecule has 0 radical (unpaired) electrons. The Kier molecular flexibility index (Phi) is 5.74. The first-order valence-corrected chi connectivity index (χ1v) is 9.48. The predicted molar refractivity (Wildman–Crippen MR) is 97.9 cm³/mol. The number of hydrogen-bond acceptors (Lipinski definition) is 3. The highest BCUT2D eigenvalue weighted by atomic mass is 16.2. The Balaban J connectivity index is 1.71. The molecule has 2 aliphatic rings. The first kappa shape index (κ1) is 17.9. The molecule has 1 atom stereocenters. The van der Waals surface area contributed by atoms with Gasteiger partial charge in [0.1, 0.15) is 5.54 Å². The van der Waals surface area contributed by atoms with Gasteiger partial charge in [0.2, 0.25) is 11.8 Å². The van der Waals surface area contributed by atoms with Crippen molar-refractivity contribution in [2.24, 2.45) is 0 Å². The molecule has 2 N–H and O–H groups in total. The van der Waals surface area contributed by atoms with Crippen LogP contribution in [0.25, 0.3) is 0 Å². The molecule has 1 unspecified atom stereocenters. The lowest BCUT2D eigenvalue weighted by molar-refractivity contribution is -0.140. The number of benzene rings is 1. The molecule has 1 saturated heterocycles. The number of carbonyl (C=O) groups is 2. The van der Waals surface area contributed by atoms with Crippen molar-refractivity contribution in [2.45, 2.75) is 63.1 Å². The molecule has 0 aromatic heterocycles. The van der Waals surface area contributed by atoms with Gasteiger partial charge in [-0.2, -0.15) is 0 Å². The van der Waals surface area contributed by atoms with E-state index in [9.17, 15) is 9.59 Å². The van der Waals surface area contributed by atoms with Crippen LogP contribution in [0.15, 0.2) is 30.3 Å². The van der Waals surface area contributed by atoms with Crippen LogP contribution in [-0.2, 0) is 16.1 Å². The molecule has 0 bridgehead atoms.